The lowest BCUT2D eigenvalue weighted by molar-refractivity contribution is -0.123. The molecule has 0 bridgehead atoms. The molecule has 0 spiro atoms. The molecule has 5 nitrogen and oxygen atoms in total. The maximum absolute atomic E-state index is 13.7. The number of halogens is 2. The van der Waals surface area contributed by atoms with Gasteiger partial charge in [0.15, 0.2) is 0 Å². The summed E-state index contributed by atoms with van der Waals surface area (Å²) in [7, 11) is 0. The van der Waals surface area contributed by atoms with E-state index in [1.54, 1.807) is 20.8 Å². The molecule has 0 radical (unpaired) electrons. The predicted molar refractivity (Wildman–Crippen MR) is 83.8 cm³/mol. The molecule has 0 heterocycles. The SMILES string of the molecule is CC[C@@H](NC(=O)NCCNC(=O)C(C)C)c1cc(F)ccc1F. The molecule has 1 atom stereocenters. The molecular weight excluding hydrogens is 304 g/mol. The standard InChI is InChI=1S/C16H23F2N3O2/c1-4-14(12-9-11(17)5-6-13(12)18)21-16(23)20-8-7-19-15(22)10(2)3/h5-6,9-10,14H,4,7-8H2,1-3H3,(H,19,22)(H2,20,21,23)/t14-/m1/s1. The van der Waals surface area contributed by atoms with Crippen molar-refractivity contribution in [1.29, 1.82) is 0 Å². The molecule has 0 aliphatic rings. The van der Waals surface area contributed by atoms with Crippen LogP contribution in [0.3, 0.4) is 0 Å². The maximum Gasteiger partial charge on any atom is 0.315 e. The highest BCUT2D eigenvalue weighted by Gasteiger charge is 2.17. The van der Waals surface area contributed by atoms with E-state index in [-0.39, 0.29) is 23.9 Å². The smallest absolute Gasteiger partial charge is 0.315 e. The Bertz CT molecular complexity index is 550. The fourth-order valence-electron chi connectivity index (χ4n) is 1.96. The third-order valence-electron chi connectivity index (χ3n) is 3.28. The summed E-state index contributed by atoms with van der Waals surface area (Å²) in [6.07, 6.45) is 0.415. The van der Waals surface area contributed by atoms with E-state index in [9.17, 15) is 18.4 Å². The van der Waals surface area contributed by atoms with Crippen molar-refractivity contribution in [1.82, 2.24) is 16.0 Å². The highest BCUT2D eigenvalue weighted by Crippen LogP contribution is 2.20. The van der Waals surface area contributed by atoms with Gasteiger partial charge in [-0.15, -0.1) is 0 Å². The van der Waals surface area contributed by atoms with Crippen LogP contribution in [0.5, 0.6) is 0 Å². The summed E-state index contributed by atoms with van der Waals surface area (Å²) in [6.45, 7) is 5.85. The number of hydrogen-bond acceptors (Lipinski definition) is 2. The summed E-state index contributed by atoms with van der Waals surface area (Å²) in [4.78, 5) is 23.2. The minimum Gasteiger partial charge on any atom is -0.354 e. The van der Waals surface area contributed by atoms with Gasteiger partial charge in [0.1, 0.15) is 11.6 Å². The number of rotatable bonds is 7. The van der Waals surface area contributed by atoms with Gasteiger partial charge in [-0.3, -0.25) is 4.79 Å². The van der Waals surface area contributed by atoms with Crippen molar-refractivity contribution in [2.45, 2.75) is 33.2 Å². The minimum absolute atomic E-state index is 0.0968. The highest BCUT2D eigenvalue weighted by atomic mass is 19.1. The van der Waals surface area contributed by atoms with Crippen LogP contribution in [-0.2, 0) is 4.79 Å². The first kappa shape index (κ1) is 18.9. The zero-order chi connectivity index (χ0) is 17.4. The third kappa shape index (κ3) is 6.22. The summed E-state index contributed by atoms with van der Waals surface area (Å²) < 4.78 is 27.0. The molecule has 7 heteroatoms. The van der Waals surface area contributed by atoms with E-state index in [2.05, 4.69) is 16.0 Å². The van der Waals surface area contributed by atoms with Crippen LogP contribution in [0.15, 0.2) is 18.2 Å². The Labute approximate surface area is 134 Å². The minimum atomic E-state index is -0.629. The molecule has 0 saturated carbocycles. The molecule has 3 amide bonds. The van der Waals surface area contributed by atoms with Crippen molar-refractivity contribution >= 4 is 11.9 Å². The fourth-order valence-corrected chi connectivity index (χ4v) is 1.96. The number of carbonyl (C=O) groups excluding carboxylic acids is 2. The largest absolute Gasteiger partial charge is 0.354 e. The summed E-state index contributed by atoms with van der Waals surface area (Å²) >= 11 is 0. The van der Waals surface area contributed by atoms with Crippen LogP contribution in [0.4, 0.5) is 13.6 Å². The van der Waals surface area contributed by atoms with Gasteiger partial charge in [0.25, 0.3) is 0 Å². The third-order valence-corrected chi connectivity index (χ3v) is 3.28. The quantitative estimate of drug-likeness (QED) is 0.673. The van der Waals surface area contributed by atoms with Crippen molar-refractivity contribution < 1.29 is 18.4 Å². The molecule has 128 valence electrons. The van der Waals surface area contributed by atoms with Gasteiger partial charge in [0.05, 0.1) is 6.04 Å². The van der Waals surface area contributed by atoms with E-state index < -0.39 is 23.7 Å². The molecule has 0 aliphatic heterocycles. The van der Waals surface area contributed by atoms with E-state index in [1.807, 2.05) is 0 Å². The first-order valence-electron chi connectivity index (χ1n) is 7.62. The molecule has 1 aromatic carbocycles. The Morgan fingerprint density at radius 1 is 1.13 bits per heavy atom. The second-order valence-corrected chi connectivity index (χ2v) is 5.47. The first-order chi connectivity index (χ1) is 10.8. The summed E-state index contributed by atoms with van der Waals surface area (Å²) in [5.74, 6) is -1.34. The van der Waals surface area contributed by atoms with Crippen LogP contribution >= 0.6 is 0 Å². The van der Waals surface area contributed by atoms with Crippen molar-refractivity contribution in [3.8, 4) is 0 Å². The zero-order valence-corrected chi connectivity index (χ0v) is 13.6. The Morgan fingerprint density at radius 3 is 2.39 bits per heavy atom. The summed E-state index contributed by atoms with van der Waals surface area (Å²) in [5, 5.41) is 7.82. The highest BCUT2D eigenvalue weighted by molar-refractivity contribution is 5.78. The molecule has 0 saturated heterocycles. The van der Waals surface area contributed by atoms with Gasteiger partial charge in [-0.25, -0.2) is 13.6 Å². The molecule has 0 fully saturated rings. The van der Waals surface area contributed by atoms with Crippen molar-refractivity contribution in [2.75, 3.05) is 13.1 Å². The molecule has 1 aromatic rings. The molecule has 1 rings (SSSR count). The Hall–Kier alpha value is -2.18. The molecule has 23 heavy (non-hydrogen) atoms. The second kappa shape index (κ2) is 9.07. The monoisotopic (exact) mass is 327 g/mol. The molecule has 0 aromatic heterocycles. The Morgan fingerprint density at radius 2 is 1.78 bits per heavy atom. The molecule has 0 aliphatic carbocycles. The average Bonchev–Trinajstić information content (AvgIpc) is 2.51. The van der Waals surface area contributed by atoms with E-state index in [4.69, 9.17) is 0 Å². The Balaban J connectivity index is 2.48. The molecule has 0 unspecified atom stereocenters. The predicted octanol–water partition coefficient (Wildman–Crippen LogP) is 2.49. The second-order valence-electron chi connectivity index (χ2n) is 5.47. The summed E-state index contributed by atoms with van der Waals surface area (Å²) in [5.41, 5.74) is 0.107. The van der Waals surface area contributed by atoms with Gasteiger partial charge in [-0.1, -0.05) is 20.8 Å². The van der Waals surface area contributed by atoms with E-state index in [0.29, 0.717) is 13.0 Å². The number of hydrogen-bond donors (Lipinski definition) is 3. The van der Waals surface area contributed by atoms with Crippen LogP contribution in [-0.4, -0.2) is 25.0 Å². The molecular formula is C16H23F2N3O2. The van der Waals surface area contributed by atoms with Gasteiger partial charge in [-0.05, 0) is 24.6 Å². The van der Waals surface area contributed by atoms with E-state index in [0.717, 1.165) is 18.2 Å². The zero-order valence-electron chi connectivity index (χ0n) is 13.6. The lowest BCUT2D eigenvalue weighted by atomic mass is 10.0. The molecule has 3 N–H and O–H groups in total. The Kier molecular flexibility index (Phi) is 7.44. The number of urea groups is 1. The van der Waals surface area contributed by atoms with Gasteiger partial charge >= 0.3 is 6.03 Å². The van der Waals surface area contributed by atoms with Gasteiger partial charge in [0.2, 0.25) is 5.91 Å². The van der Waals surface area contributed by atoms with Crippen LogP contribution in [0.1, 0.15) is 38.8 Å². The first-order valence-corrected chi connectivity index (χ1v) is 7.62. The topological polar surface area (TPSA) is 70.2 Å². The van der Waals surface area contributed by atoms with E-state index in [1.165, 1.54) is 0 Å². The van der Waals surface area contributed by atoms with Gasteiger partial charge in [0, 0.05) is 24.6 Å². The van der Waals surface area contributed by atoms with Crippen LogP contribution in [0, 0.1) is 17.6 Å². The lowest BCUT2D eigenvalue weighted by Gasteiger charge is -2.19. The van der Waals surface area contributed by atoms with Crippen molar-refractivity contribution in [3.05, 3.63) is 35.4 Å². The maximum atomic E-state index is 13.7. The number of amides is 3. The number of carbonyl (C=O) groups is 2. The van der Waals surface area contributed by atoms with Gasteiger partial charge in [-0.2, -0.15) is 0 Å². The summed E-state index contributed by atoms with van der Waals surface area (Å²) in [6, 6.07) is 2.01. The number of nitrogens with one attached hydrogen (secondary N) is 3. The lowest BCUT2D eigenvalue weighted by Crippen LogP contribution is -2.42. The number of benzene rings is 1. The van der Waals surface area contributed by atoms with Crippen LogP contribution in [0.2, 0.25) is 0 Å². The normalized spacial score (nSPS) is 11.9. The fraction of sp³-hybridized carbons (Fsp3) is 0.500. The van der Waals surface area contributed by atoms with Crippen LogP contribution < -0.4 is 16.0 Å². The van der Waals surface area contributed by atoms with Crippen LogP contribution in [0.25, 0.3) is 0 Å². The average molecular weight is 327 g/mol. The van der Waals surface area contributed by atoms with Crippen molar-refractivity contribution in [2.24, 2.45) is 5.92 Å². The van der Waals surface area contributed by atoms with E-state index >= 15 is 0 Å². The van der Waals surface area contributed by atoms with Gasteiger partial charge < -0.3 is 16.0 Å². The van der Waals surface area contributed by atoms with Crippen molar-refractivity contribution in [3.63, 3.8) is 0 Å².